The Bertz CT molecular complexity index is 1070. The predicted octanol–water partition coefficient (Wildman–Crippen LogP) is 4.32. The molecular formula is C26H31N3O4. The van der Waals surface area contributed by atoms with E-state index in [1.807, 2.05) is 32.0 Å². The zero-order valence-corrected chi connectivity index (χ0v) is 19.9. The maximum absolute atomic E-state index is 13.4. The molecule has 0 fully saturated rings. The molecule has 2 rings (SSSR count). The van der Waals surface area contributed by atoms with Crippen LogP contribution in [0.5, 0.6) is 0 Å². The summed E-state index contributed by atoms with van der Waals surface area (Å²) >= 11 is 0. The van der Waals surface area contributed by atoms with E-state index in [2.05, 4.69) is 16.7 Å². The Labute approximate surface area is 195 Å². The summed E-state index contributed by atoms with van der Waals surface area (Å²) in [6, 6.07) is 14.7. The highest BCUT2D eigenvalue weighted by Crippen LogP contribution is 2.25. The number of terminal acetylenes is 1. The van der Waals surface area contributed by atoms with Crippen molar-refractivity contribution >= 4 is 23.6 Å². The number of anilines is 1. The summed E-state index contributed by atoms with van der Waals surface area (Å²) in [7, 11) is 0. The van der Waals surface area contributed by atoms with Gasteiger partial charge in [0.2, 0.25) is 0 Å². The molecule has 33 heavy (non-hydrogen) atoms. The minimum atomic E-state index is -1.11. The third-order valence-corrected chi connectivity index (χ3v) is 4.75. The van der Waals surface area contributed by atoms with Crippen LogP contribution in [0.3, 0.4) is 0 Å². The minimum Gasteiger partial charge on any atom is -0.444 e. The van der Waals surface area contributed by atoms with Crippen LogP contribution in [0.15, 0.2) is 48.5 Å². The number of ether oxygens (including phenoxy) is 1. The number of carbonyl (C=O) groups excluding carboxylic acids is 3. The summed E-state index contributed by atoms with van der Waals surface area (Å²) < 4.78 is 5.22. The number of nitrogens with one attached hydrogen (secondary N) is 2. The van der Waals surface area contributed by atoms with Crippen molar-refractivity contribution in [2.45, 2.75) is 59.2 Å². The quantitative estimate of drug-likeness (QED) is 0.508. The Morgan fingerprint density at radius 2 is 1.73 bits per heavy atom. The average Bonchev–Trinajstić information content (AvgIpc) is 2.71. The molecule has 3 amide bonds. The van der Waals surface area contributed by atoms with Gasteiger partial charge in [0.25, 0.3) is 11.8 Å². The molecule has 2 unspecified atom stereocenters. The number of carbonyl (C=O) groups is 3. The lowest BCUT2D eigenvalue weighted by molar-refractivity contribution is -0.136. The van der Waals surface area contributed by atoms with E-state index in [9.17, 15) is 14.4 Å². The molecule has 2 N–H and O–H groups in total. The Hall–Kier alpha value is -3.79. The van der Waals surface area contributed by atoms with Crippen molar-refractivity contribution in [2.24, 2.45) is 0 Å². The van der Waals surface area contributed by atoms with Gasteiger partial charge >= 0.3 is 6.09 Å². The average molecular weight is 450 g/mol. The molecule has 7 heteroatoms. The van der Waals surface area contributed by atoms with E-state index in [-0.39, 0.29) is 0 Å². The predicted molar refractivity (Wildman–Crippen MR) is 128 cm³/mol. The SMILES string of the molecule is C#CN(C(=O)C(C)NC(=O)OC(C)(C)C)C(C(=O)Nc1ccccc1C)c1cccc(C)c1. The van der Waals surface area contributed by atoms with Gasteiger partial charge < -0.3 is 15.4 Å². The zero-order valence-electron chi connectivity index (χ0n) is 19.9. The van der Waals surface area contributed by atoms with Gasteiger partial charge in [0.1, 0.15) is 17.7 Å². The van der Waals surface area contributed by atoms with Gasteiger partial charge in [-0.2, -0.15) is 0 Å². The van der Waals surface area contributed by atoms with Crippen LogP contribution in [0, 0.1) is 26.3 Å². The third kappa shape index (κ3) is 7.11. The highest BCUT2D eigenvalue weighted by atomic mass is 16.6. The van der Waals surface area contributed by atoms with E-state index in [0.29, 0.717) is 11.3 Å². The van der Waals surface area contributed by atoms with Gasteiger partial charge in [-0.15, -0.1) is 0 Å². The summed E-state index contributed by atoms with van der Waals surface area (Å²) in [4.78, 5) is 39.8. The second kappa shape index (κ2) is 10.7. The summed E-state index contributed by atoms with van der Waals surface area (Å²) in [5.74, 6) is -1.08. The molecule has 0 spiro atoms. The number of alkyl carbamates (subject to hydrolysis) is 1. The van der Waals surface area contributed by atoms with E-state index in [1.165, 1.54) is 6.92 Å². The normalized spacial score (nSPS) is 12.6. The van der Waals surface area contributed by atoms with E-state index in [0.717, 1.165) is 16.0 Å². The van der Waals surface area contributed by atoms with Crippen LogP contribution in [-0.2, 0) is 14.3 Å². The van der Waals surface area contributed by atoms with Gasteiger partial charge in [-0.25, -0.2) is 4.79 Å². The van der Waals surface area contributed by atoms with Crippen molar-refractivity contribution in [1.29, 1.82) is 0 Å². The third-order valence-electron chi connectivity index (χ3n) is 4.75. The monoisotopic (exact) mass is 449 g/mol. The summed E-state index contributed by atoms with van der Waals surface area (Å²) in [5, 5.41) is 5.36. The van der Waals surface area contributed by atoms with Crippen LogP contribution in [0.4, 0.5) is 10.5 Å². The lowest BCUT2D eigenvalue weighted by Gasteiger charge is -2.29. The molecule has 2 aromatic carbocycles. The summed E-state index contributed by atoms with van der Waals surface area (Å²) in [5.41, 5.74) is 2.22. The van der Waals surface area contributed by atoms with Crippen LogP contribution in [-0.4, -0.2) is 34.5 Å². The lowest BCUT2D eigenvalue weighted by Crippen LogP contribution is -2.49. The molecule has 0 radical (unpaired) electrons. The first-order valence-corrected chi connectivity index (χ1v) is 10.6. The van der Waals surface area contributed by atoms with Crippen LogP contribution in [0.2, 0.25) is 0 Å². The number of rotatable bonds is 6. The van der Waals surface area contributed by atoms with Gasteiger partial charge in [0.15, 0.2) is 0 Å². The highest BCUT2D eigenvalue weighted by Gasteiger charge is 2.34. The molecule has 0 heterocycles. The van der Waals surface area contributed by atoms with Crippen LogP contribution >= 0.6 is 0 Å². The van der Waals surface area contributed by atoms with Crippen LogP contribution < -0.4 is 10.6 Å². The fourth-order valence-corrected chi connectivity index (χ4v) is 3.19. The summed E-state index contributed by atoms with van der Waals surface area (Å²) in [6.07, 6.45) is 4.96. The van der Waals surface area contributed by atoms with E-state index in [4.69, 9.17) is 11.2 Å². The van der Waals surface area contributed by atoms with E-state index < -0.39 is 35.6 Å². The minimum absolute atomic E-state index is 0.467. The van der Waals surface area contributed by atoms with Crippen molar-refractivity contribution < 1.29 is 19.1 Å². The van der Waals surface area contributed by atoms with Crippen LogP contribution in [0.1, 0.15) is 50.4 Å². The number of amides is 3. The fourth-order valence-electron chi connectivity index (χ4n) is 3.19. The molecule has 0 aliphatic carbocycles. The number of hydrogen-bond donors (Lipinski definition) is 2. The smallest absolute Gasteiger partial charge is 0.408 e. The first-order valence-electron chi connectivity index (χ1n) is 10.6. The van der Waals surface area contributed by atoms with E-state index in [1.54, 1.807) is 51.1 Å². The van der Waals surface area contributed by atoms with Gasteiger partial charge in [0.05, 0.1) is 0 Å². The molecule has 0 aliphatic heterocycles. The van der Waals surface area contributed by atoms with Gasteiger partial charge in [-0.05, 0) is 58.7 Å². The Balaban J connectivity index is 2.36. The molecule has 0 bridgehead atoms. The maximum Gasteiger partial charge on any atom is 0.408 e. The van der Waals surface area contributed by atoms with E-state index >= 15 is 0 Å². The molecule has 0 aliphatic rings. The number of nitrogens with zero attached hydrogens (tertiary/aromatic N) is 1. The fraction of sp³-hybridized carbons (Fsp3) is 0.346. The van der Waals surface area contributed by atoms with Gasteiger partial charge in [0, 0.05) is 11.7 Å². The lowest BCUT2D eigenvalue weighted by atomic mass is 10.0. The number of hydrogen-bond acceptors (Lipinski definition) is 4. The van der Waals surface area contributed by atoms with Crippen molar-refractivity contribution in [3.8, 4) is 12.5 Å². The molecule has 2 atom stereocenters. The molecule has 7 nitrogen and oxygen atoms in total. The van der Waals surface area contributed by atoms with Gasteiger partial charge in [-0.3, -0.25) is 14.5 Å². The second-order valence-electron chi connectivity index (χ2n) is 8.83. The number of benzene rings is 2. The summed E-state index contributed by atoms with van der Waals surface area (Å²) in [6.45, 7) is 10.4. The molecular weight excluding hydrogens is 418 g/mol. The zero-order chi connectivity index (χ0) is 24.8. The molecule has 0 saturated heterocycles. The molecule has 174 valence electrons. The molecule has 0 saturated carbocycles. The highest BCUT2D eigenvalue weighted by molar-refractivity contribution is 6.00. The first-order chi connectivity index (χ1) is 15.4. The van der Waals surface area contributed by atoms with Crippen LogP contribution in [0.25, 0.3) is 0 Å². The Morgan fingerprint density at radius 1 is 1.06 bits per heavy atom. The second-order valence-corrected chi connectivity index (χ2v) is 8.83. The maximum atomic E-state index is 13.4. The Morgan fingerprint density at radius 3 is 2.30 bits per heavy atom. The van der Waals surface area contributed by atoms with Crippen molar-refractivity contribution in [3.05, 3.63) is 65.2 Å². The number of para-hydroxylation sites is 1. The van der Waals surface area contributed by atoms with Crippen molar-refractivity contribution in [2.75, 3.05) is 5.32 Å². The Kier molecular flexibility index (Phi) is 8.25. The van der Waals surface area contributed by atoms with Crippen molar-refractivity contribution in [3.63, 3.8) is 0 Å². The molecule has 2 aromatic rings. The standard InChI is InChI=1S/C26H31N3O4/c1-8-29(24(31)19(4)27-25(32)33-26(5,6)7)22(20-14-11-12-17(2)16-20)23(30)28-21-15-10-9-13-18(21)3/h1,9-16,19,22H,2-7H3,(H,27,32)(H,28,30). The molecule has 0 aromatic heterocycles. The first kappa shape index (κ1) is 25.5. The largest absolute Gasteiger partial charge is 0.444 e. The van der Waals surface area contributed by atoms with Gasteiger partial charge in [-0.1, -0.05) is 54.5 Å². The van der Waals surface area contributed by atoms with Crippen molar-refractivity contribution in [1.82, 2.24) is 10.2 Å². The topological polar surface area (TPSA) is 87.7 Å². The number of aryl methyl sites for hydroxylation is 2.